The van der Waals surface area contributed by atoms with Crippen LogP contribution in [0.15, 0.2) is 52.7 Å². The maximum atomic E-state index is 13.7. The van der Waals surface area contributed by atoms with E-state index in [1.165, 1.54) is 11.8 Å². The molecule has 2 aliphatic heterocycles. The summed E-state index contributed by atoms with van der Waals surface area (Å²) in [5, 5.41) is 4.91. The summed E-state index contributed by atoms with van der Waals surface area (Å²) < 4.78 is 11.0. The van der Waals surface area contributed by atoms with Crippen molar-refractivity contribution in [2.75, 3.05) is 31.8 Å². The number of hydrogen-bond donors (Lipinski definition) is 1. The molecule has 0 saturated carbocycles. The monoisotopic (exact) mass is 466 g/mol. The molecule has 0 spiro atoms. The second-order valence-corrected chi connectivity index (χ2v) is 9.62. The van der Waals surface area contributed by atoms with Gasteiger partial charge in [0.05, 0.1) is 31.7 Å². The van der Waals surface area contributed by atoms with Crippen molar-refractivity contribution in [2.24, 2.45) is 0 Å². The van der Waals surface area contributed by atoms with E-state index in [4.69, 9.17) is 9.47 Å². The molecule has 5 rings (SSSR count). The zero-order valence-electron chi connectivity index (χ0n) is 17.7. The average Bonchev–Trinajstić information content (AvgIpc) is 3.35. The van der Waals surface area contributed by atoms with Crippen molar-refractivity contribution in [1.82, 2.24) is 4.90 Å². The summed E-state index contributed by atoms with van der Waals surface area (Å²) in [5.41, 5.74) is 3.47. The van der Waals surface area contributed by atoms with E-state index in [0.29, 0.717) is 35.0 Å². The van der Waals surface area contributed by atoms with Gasteiger partial charge in [0.15, 0.2) is 11.5 Å². The number of thioether (sulfide) groups is 1. The van der Waals surface area contributed by atoms with Crippen LogP contribution in [0.1, 0.15) is 32.4 Å². The van der Waals surface area contributed by atoms with Gasteiger partial charge in [-0.3, -0.25) is 9.59 Å². The maximum absolute atomic E-state index is 13.7. The van der Waals surface area contributed by atoms with Gasteiger partial charge in [-0.15, -0.1) is 23.1 Å². The molecule has 2 amide bonds. The molecule has 0 radical (unpaired) electrons. The highest BCUT2D eigenvalue weighted by Crippen LogP contribution is 2.43. The minimum Gasteiger partial charge on any atom is -0.493 e. The molecule has 2 aromatic carbocycles. The van der Waals surface area contributed by atoms with Gasteiger partial charge in [-0.1, -0.05) is 6.07 Å². The number of ether oxygens (including phenoxy) is 2. The summed E-state index contributed by atoms with van der Waals surface area (Å²) >= 11 is 3.12. The Morgan fingerprint density at radius 3 is 2.69 bits per heavy atom. The summed E-state index contributed by atoms with van der Waals surface area (Å²) in [5.74, 6) is 1.64. The zero-order valence-corrected chi connectivity index (χ0v) is 19.3. The van der Waals surface area contributed by atoms with Crippen LogP contribution in [0, 0.1) is 0 Å². The van der Waals surface area contributed by atoms with E-state index in [2.05, 4.69) is 11.4 Å². The van der Waals surface area contributed by atoms with Crippen molar-refractivity contribution in [3.05, 3.63) is 69.4 Å². The van der Waals surface area contributed by atoms with E-state index >= 15 is 0 Å². The lowest BCUT2D eigenvalue weighted by atomic mass is 9.90. The van der Waals surface area contributed by atoms with Gasteiger partial charge in [-0.25, -0.2) is 0 Å². The Bertz CT molecular complexity index is 1190. The van der Waals surface area contributed by atoms with E-state index < -0.39 is 0 Å². The van der Waals surface area contributed by atoms with Crippen LogP contribution in [-0.2, 0) is 11.2 Å². The minimum atomic E-state index is -0.217. The molecule has 3 heterocycles. The van der Waals surface area contributed by atoms with Gasteiger partial charge in [0.2, 0.25) is 5.91 Å². The summed E-state index contributed by atoms with van der Waals surface area (Å²) in [6.45, 7) is 0.585. The molecular weight excluding hydrogens is 444 g/mol. The van der Waals surface area contributed by atoms with Crippen LogP contribution < -0.4 is 14.8 Å². The molecule has 164 valence electrons. The number of nitrogens with one attached hydrogen (secondary N) is 1. The van der Waals surface area contributed by atoms with Crippen molar-refractivity contribution < 1.29 is 19.1 Å². The molecule has 0 fully saturated rings. The predicted octanol–water partition coefficient (Wildman–Crippen LogP) is 4.60. The molecule has 0 saturated heterocycles. The van der Waals surface area contributed by atoms with Crippen LogP contribution in [0.3, 0.4) is 0 Å². The molecule has 0 aliphatic carbocycles. The fourth-order valence-electron chi connectivity index (χ4n) is 4.30. The summed E-state index contributed by atoms with van der Waals surface area (Å²) in [4.78, 5) is 29.5. The third-order valence-corrected chi connectivity index (χ3v) is 7.80. The van der Waals surface area contributed by atoms with Crippen LogP contribution in [-0.4, -0.2) is 43.2 Å². The van der Waals surface area contributed by atoms with E-state index in [-0.39, 0.29) is 17.9 Å². The van der Waals surface area contributed by atoms with E-state index in [0.717, 1.165) is 27.3 Å². The number of anilines is 1. The van der Waals surface area contributed by atoms with Gasteiger partial charge in [-0.05, 0) is 59.3 Å². The molecule has 2 aliphatic rings. The first kappa shape index (κ1) is 20.9. The number of amides is 2. The van der Waals surface area contributed by atoms with Crippen LogP contribution in [0.25, 0.3) is 0 Å². The van der Waals surface area contributed by atoms with E-state index in [1.54, 1.807) is 31.6 Å². The smallest absolute Gasteiger partial charge is 0.254 e. The number of rotatable bonds is 4. The van der Waals surface area contributed by atoms with Gasteiger partial charge in [0, 0.05) is 21.9 Å². The number of fused-ring (bicyclic) bond motifs is 2. The highest BCUT2D eigenvalue weighted by atomic mass is 32.2. The highest BCUT2D eigenvalue weighted by molar-refractivity contribution is 8.00. The number of benzene rings is 2. The molecular formula is C24H22N2O4S2. The molecule has 8 heteroatoms. The van der Waals surface area contributed by atoms with Crippen molar-refractivity contribution in [3.63, 3.8) is 0 Å². The van der Waals surface area contributed by atoms with Crippen molar-refractivity contribution in [1.29, 1.82) is 0 Å². The van der Waals surface area contributed by atoms with Crippen molar-refractivity contribution in [3.8, 4) is 11.5 Å². The Kier molecular flexibility index (Phi) is 5.57. The first-order valence-corrected chi connectivity index (χ1v) is 12.1. The number of carbonyl (C=O) groups is 2. The fourth-order valence-corrected chi connectivity index (χ4v) is 5.94. The Morgan fingerprint density at radius 2 is 1.94 bits per heavy atom. The molecule has 3 aromatic rings. The number of methoxy groups -OCH3 is 2. The number of nitrogens with zero attached hydrogens (tertiary/aromatic N) is 1. The van der Waals surface area contributed by atoms with Crippen LogP contribution in [0.4, 0.5) is 5.69 Å². The Hall–Kier alpha value is -2.97. The summed E-state index contributed by atoms with van der Waals surface area (Å²) in [7, 11) is 3.25. The second kappa shape index (κ2) is 8.52. The highest BCUT2D eigenvalue weighted by Gasteiger charge is 2.34. The van der Waals surface area contributed by atoms with Crippen LogP contribution >= 0.6 is 23.1 Å². The standard InChI is InChI=1S/C24H22N2O4S2/c1-29-18-11-14-7-8-26(23(21-4-3-9-31-21)16(14)12-19(18)30-2)24(28)15-5-6-20-17(10-15)25-22(27)13-32-20/h3-6,9-12,23H,7-8,13H2,1-2H3,(H,25,27)/t23-/m1/s1. The summed E-state index contributed by atoms with van der Waals surface area (Å²) in [6, 6.07) is 13.4. The van der Waals surface area contributed by atoms with Gasteiger partial charge in [-0.2, -0.15) is 0 Å². The van der Waals surface area contributed by atoms with Gasteiger partial charge in [0.1, 0.15) is 0 Å². The first-order chi connectivity index (χ1) is 15.6. The zero-order chi connectivity index (χ0) is 22.2. The third-order valence-electron chi connectivity index (χ3n) is 5.81. The lowest BCUT2D eigenvalue weighted by molar-refractivity contribution is -0.113. The number of thiophene rings is 1. The first-order valence-electron chi connectivity index (χ1n) is 10.2. The molecule has 1 N–H and O–H groups in total. The Morgan fingerprint density at radius 1 is 1.12 bits per heavy atom. The predicted molar refractivity (Wildman–Crippen MR) is 126 cm³/mol. The molecule has 6 nitrogen and oxygen atoms in total. The lowest BCUT2D eigenvalue weighted by Gasteiger charge is -2.37. The maximum Gasteiger partial charge on any atom is 0.254 e. The SMILES string of the molecule is COc1cc2c(cc1OC)[C@H](c1cccs1)N(C(=O)c1ccc3c(c1)NC(=O)CS3)CC2. The van der Waals surface area contributed by atoms with Crippen molar-refractivity contribution in [2.45, 2.75) is 17.4 Å². The number of hydrogen-bond acceptors (Lipinski definition) is 6. The quantitative estimate of drug-likeness (QED) is 0.609. The van der Waals surface area contributed by atoms with Crippen molar-refractivity contribution >= 4 is 40.6 Å². The lowest BCUT2D eigenvalue weighted by Crippen LogP contribution is -2.40. The third kappa shape index (κ3) is 3.63. The number of carbonyl (C=O) groups excluding carboxylic acids is 2. The fraction of sp³-hybridized carbons (Fsp3) is 0.250. The van der Waals surface area contributed by atoms with Gasteiger partial charge in [0.25, 0.3) is 5.91 Å². The van der Waals surface area contributed by atoms with Crippen LogP contribution in [0.5, 0.6) is 11.5 Å². The normalized spacial score (nSPS) is 17.2. The van der Waals surface area contributed by atoms with Gasteiger partial charge < -0.3 is 19.7 Å². The summed E-state index contributed by atoms with van der Waals surface area (Å²) in [6.07, 6.45) is 0.723. The Labute approximate surface area is 194 Å². The molecule has 1 aromatic heterocycles. The van der Waals surface area contributed by atoms with E-state index in [1.807, 2.05) is 40.6 Å². The van der Waals surface area contributed by atoms with Gasteiger partial charge >= 0.3 is 0 Å². The Balaban J connectivity index is 1.56. The second-order valence-electron chi connectivity index (χ2n) is 7.62. The molecule has 1 atom stereocenters. The topological polar surface area (TPSA) is 67.9 Å². The van der Waals surface area contributed by atoms with Crippen LogP contribution in [0.2, 0.25) is 0 Å². The largest absolute Gasteiger partial charge is 0.493 e. The molecule has 0 bridgehead atoms. The average molecular weight is 467 g/mol. The minimum absolute atomic E-state index is 0.0449. The molecule has 32 heavy (non-hydrogen) atoms. The van der Waals surface area contributed by atoms with E-state index in [9.17, 15) is 9.59 Å². The molecule has 0 unspecified atom stereocenters.